The van der Waals surface area contributed by atoms with E-state index in [2.05, 4.69) is 23.5 Å². The van der Waals surface area contributed by atoms with Crippen molar-refractivity contribution in [2.24, 2.45) is 5.92 Å². The van der Waals surface area contributed by atoms with E-state index in [0.29, 0.717) is 18.9 Å². The molecule has 0 radical (unpaired) electrons. The van der Waals surface area contributed by atoms with Gasteiger partial charge in [-0.05, 0) is 43.7 Å². The minimum atomic E-state index is -0.147. The zero-order chi connectivity index (χ0) is 13.1. The fourth-order valence-electron chi connectivity index (χ4n) is 2.35. The Hall–Kier alpha value is -1.35. The van der Waals surface area contributed by atoms with Crippen molar-refractivity contribution in [1.82, 2.24) is 5.32 Å². The summed E-state index contributed by atoms with van der Waals surface area (Å²) in [5.41, 5.74) is 3.45. The number of carbonyl (C=O) groups is 1. The summed E-state index contributed by atoms with van der Waals surface area (Å²) >= 11 is 0. The molecule has 1 aromatic rings. The van der Waals surface area contributed by atoms with Crippen LogP contribution in [-0.2, 0) is 11.2 Å². The lowest BCUT2D eigenvalue weighted by molar-refractivity contribution is -0.121. The second kappa shape index (κ2) is 5.53. The minimum Gasteiger partial charge on any atom is -0.393 e. The maximum atomic E-state index is 11.8. The lowest BCUT2D eigenvalue weighted by Crippen LogP contribution is -2.38. The molecule has 0 spiro atoms. The summed E-state index contributed by atoms with van der Waals surface area (Å²) < 4.78 is 0. The van der Waals surface area contributed by atoms with Crippen LogP contribution in [0.2, 0.25) is 0 Å². The molecule has 18 heavy (non-hydrogen) atoms. The first kappa shape index (κ1) is 13.1. The molecule has 98 valence electrons. The minimum absolute atomic E-state index is 0.0742. The molecule has 1 aliphatic carbocycles. The zero-order valence-corrected chi connectivity index (χ0v) is 11.1. The van der Waals surface area contributed by atoms with Gasteiger partial charge in [0.05, 0.1) is 12.5 Å². The average molecular weight is 247 g/mol. The van der Waals surface area contributed by atoms with Crippen LogP contribution >= 0.6 is 0 Å². The number of aryl methyl sites for hydroxylation is 2. The number of hydrogen-bond donors (Lipinski definition) is 2. The van der Waals surface area contributed by atoms with Crippen LogP contribution in [0.1, 0.15) is 29.5 Å². The van der Waals surface area contributed by atoms with Gasteiger partial charge in [0.2, 0.25) is 5.91 Å². The summed E-state index contributed by atoms with van der Waals surface area (Å²) in [7, 11) is 0. The second-order valence-electron chi connectivity index (χ2n) is 5.40. The first-order chi connectivity index (χ1) is 8.54. The Bertz CT molecular complexity index is 436. The molecule has 1 aliphatic rings. The highest BCUT2D eigenvalue weighted by atomic mass is 16.3. The fraction of sp³-hybridized carbons (Fsp3) is 0.533. The van der Waals surface area contributed by atoms with Crippen LogP contribution in [0.4, 0.5) is 0 Å². The van der Waals surface area contributed by atoms with E-state index in [1.54, 1.807) is 0 Å². The number of rotatable bonds is 4. The van der Waals surface area contributed by atoms with E-state index >= 15 is 0 Å². The van der Waals surface area contributed by atoms with Crippen molar-refractivity contribution < 1.29 is 9.90 Å². The molecule has 0 unspecified atom stereocenters. The quantitative estimate of drug-likeness (QED) is 0.851. The average Bonchev–Trinajstić information content (AvgIpc) is 2.28. The van der Waals surface area contributed by atoms with Crippen LogP contribution in [0.3, 0.4) is 0 Å². The monoisotopic (exact) mass is 247 g/mol. The summed E-state index contributed by atoms with van der Waals surface area (Å²) in [6, 6.07) is 6.19. The Morgan fingerprint density at radius 3 is 2.78 bits per heavy atom. The molecule has 0 saturated heterocycles. The van der Waals surface area contributed by atoms with Gasteiger partial charge in [-0.25, -0.2) is 0 Å². The van der Waals surface area contributed by atoms with E-state index in [0.717, 1.165) is 24.0 Å². The maximum absolute atomic E-state index is 11.8. The van der Waals surface area contributed by atoms with E-state index < -0.39 is 0 Å². The maximum Gasteiger partial charge on any atom is 0.224 e. The summed E-state index contributed by atoms with van der Waals surface area (Å²) in [5.74, 6) is 0.535. The van der Waals surface area contributed by atoms with Crippen LogP contribution < -0.4 is 5.32 Å². The van der Waals surface area contributed by atoms with Crippen LogP contribution in [0, 0.1) is 19.8 Å². The van der Waals surface area contributed by atoms with Crippen LogP contribution in [0.5, 0.6) is 0 Å². The highest BCUT2D eigenvalue weighted by Crippen LogP contribution is 2.26. The topological polar surface area (TPSA) is 49.3 Å². The van der Waals surface area contributed by atoms with Gasteiger partial charge in [-0.15, -0.1) is 0 Å². The fourth-order valence-corrected chi connectivity index (χ4v) is 2.35. The number of aliphatic hydroxyl groups is 1. The predicted octanol–water partition coefficient (Wildman–Crippen LogP) is 1.73. The van der Waals surface area contributed by atoms with E-state index in [9.17, 15) is 9.90 Å². The number of hydrogen-bond acceptors (Lipinski definition) is 2. The highest BCUT2D eigenvalue weighted by molar-refractivity contribution is 5.79. The summed E-state index contributed by atoms with van der Waals surface area (Å²) in [6.07, 6.45) is 1.95. The van der Waals surface area contributed by atoms with Gasteiger partial charge < -0.3 is 10.4 Å². The van der Waals surface area contributed by atoms with Crippen LogP contribution in [-0.4, -0.2) is 23.7 Å². The van der Waals surface area contributed by atoms with Gasteiger partial charge in [-0.2, -0.15) is 0 Å². The lowest BCUT2D eigenvalue weighted by atomic mass is 9.82. The summed E-state index contributed by atoms with van der Waals surface area (Å²) in [6.45, 7) is 4.77. The van der Waals surface area contributed by atoms with Crippen molar-refractivity contribution in [3.05, 3.63) is 34.9 Å². The second-order valence-corrected chi connectivity index (χ2v) is 5.40. The van der Waals surface area contributed by atoms with E-state index in [1.165, 1.54) is 5.56 Å². The number of carbonyl (C=O) groups excluding carboxylic acids is 1. The number of benzene rings is 1. The number of aliphatic hydroxyl groups excluding tert-OH is 1. The van der Waals surface area contributed by atoms with E-state index in [-0.39, 0.29) is 12.0 Å². The highest BCUT2D eigenvalue weighted by Gasteiger charge is 2.27. The van der Waals surface area contributed by atoms with E-state index in [4.69, 9.17) is 0 Å². The molecular formula is C15H21NO2. The molecule has 1 aromatic carbocycles. The standard InChI is InChI=1S/C15H21NO2/c1-10-3-4-11(2)13(5-10)8-15(18)16-9-12-6-14(17)7-12/h3-5,12,14,17H,6-9H2,1-2H3,(H,16,18). The van der Waals surface area contributed by atoms with Gasteiger partial charge in [-0.3, -0.25) is 4.79 Å². The van der Waals surface area contributed by atoms with Crippen LogP contribution in [0.25, 0.3) is 0 Å². The molecule has 1 amide bonds. The molecule has 0 aliphatic heterocycles. The largest absolute Gasteiger partial charge is 0.393 e. The van der Waals surface area contributed by atoms with Crippen molar-refractivity contribution in [3.63, 3.8) is 0 Å². The molecular weight excluding hydrogens is 226 g/mol. The third-order valence-electron chi connectivity index (χ3n) is 3.65. The van der Waals surface area contributed by atoms with Gasteiger partial charge in [0, 0.05) is 6.54 Å². The molecule has 0 bridgehead atoms. The van der Waals surface area contributed by atoms with Crippen molar-refractivity contribution >= 4 is 5.91 Å². The van der Waals surface area contributed by atoms with Gasteiger partial charge >= 0.3 is 0 Å². The van der Waals surface area contributed by atoms with Gasteiger partial charge in [0.1, 0.15) is 0 Å². The van der Waals surface area contributed by atoms with Gasteiger partial charge in [0.25, 0.3) is 0 Å². The third-order valence-corrected chi connectivity index (χ3v) is 3.65. The lowest BCUT2D eigenvalue weighted by Gasteiger charge is -2.31. The van der Waals surface area contributed by atoms with Gasteiger partial charge in [-0.1, -0.05) is 23.8 Å². The normalized spacial score (nSPS) is 22.4. The van der Waals surface area contributed by atoms with Crippen LogP contribution in [0.15, 0.2) is 18.2 Å². The van der Waals surface area contributed by atoms with Gasteiger partial charge in [0.15, 0.2) is 0 Å². The van der Waals surface area contributed by atoms with Crippen molar-refractivity contribution in [2.45, 2.75) is 39.2 Å². The van der Waals surface area contributed by atoms with Crippen molar-refractivity contribution in [1.29, 1.82) is 0 Å². The summed E-state index contributed by atoms with van der Waals surface area (Å²) in [4.78, 5) is 11.8. The molecule has 1 saturated carbocycles. The SMILES string of the molecule is Cc1ccc(C)c(CC(=O)NCC2CC(O)C2)c1. The first-order valence-corrected chi connectivity index (χ1v) is 6.55. The Kier molecular flexibility index (Phi) is 4.02. The Balaban J connectivity index is 1.81. The van der Waals surface area contributed by atoms with Crippen molar-refractivity contribution in [3.8, 4) is 0 Å². The predicted molar refractivity (Wildman–Crippen MR) is 71.4 cm³/mol. The molecule has 1 fully saturated rings. The molecule has 0 aromatic heterocycles. The zero-order valence-electron chi connectivity index (χ0n) is 11.1. The van der Waals surface area contributed by atoms with E-state index in [1.807, 2.05) is 13.8 Å². The molecule has 0 atom stereocenters. The third kappa shape index (κ3) is 3.33. The number of nitrogens with one attached hydrogen (secondary N) is 1. The Morgan fingerprint density at radius 1 is 1.39 bits per heavy atom. The molecule has 2 N–H and O–H groups in total. The Labute approximate surface area is 108 Å². The smallest absolute Gasteiger partial charge is 0.224 e. The number of amides is 1. The first-order valence-electron chi connectivity index (χ1n) is 6.55. The van der Waals surface area contributed by atoms with Crippen molar-refractivity contribution in [2.75, 3.05) is 6.54 Å². The molecule has 2 rings (SSSR count). The summed E-state index contributed by atoms with van der Waals surface area (Å²) in [5, 5.41) is 12.1. The Morgan fingerprint density at radius 2 is 2.11 bits per heavy atom. The molecule has 0 heterocycles. The molecule has 3 nitrogen and oxygen atoms in total. The molecule has 3 heteroatoms.